The van der Waals surface area contributed by atoms with E-state index >= 15 is 0 Å². The van der Waals surface area contributed by atoms with Gasteiger partial charge >= 0.3 is 6.03 Å². The van der Waals surface area contributed by atoms with E-state index in [0.717, 1.165) is 4.90 Å². The van der Waals surface area contributed by atoms with E-state index in [-0.39, 0.29) is 5.92 Å². The number of ether oxygens (including phenoxy) is 1. The molecule has 1 aromatic rings. The summed E-state index contributed by atoms with van der Waals surface area (Å²) in [7, 11) is 1.43. The van der Waals surface area contributed by atoms with Crippen molar-refractivity contribution in [1.82, 2.24) is 5.32 Å². The molecule has 1 atom stereocenters. The van der Waals surface area contributed by atoms with Crippen LogP contribution < -0.4 is 15.0 Å². The van der Waals surface area contributed by atoms with Crippen LogP contribution >= 0.6 is 11.6 Å². The van der Waals surface area contributed by atoms with E-state index in [1.807, 2.05) is 0 Å². The third kappa shape index (κ3) is 2.71. The van der Waals surface area contributed by atoms with Gasteiger partial charge in [0.25, 0.3) is 0 Å². The number of imide groups is 2. The second-order valence-electron chi connectivity index (χ2n) is 5.01. The van der Waals surface area contributed by atoms with Gasteiger partial charge in [-0.25, -0.2) is 9.69 Å². The van der Waals surface area contributed by atoms with Gasteiger partial charge in [0.15, 0.2) is 0 Å². The number of halogens is 1. The number of nitrogens with one attached hydrogen (secondary N) is 1. The van der Waals surface area contributed by atoms with E-state index in [4.69, 9.17) is 16.3 Å². The molecule has 1 aliphatic rings. The molecule has 1 unspecified atom stereocenters. The monoisotopic (exact) mass is 310 g/mol. The molecule has 0 radical (unpaired) electrons. The van der Waals surface area contributed by atoms with E-state index in [0.29, 0.717) is 16.5 Å². The third-order valence-corrected chi connectivity index (χ3v) is 3.57. The minimum absolute atomic E-state index is 0.220. The van der Waals surface area contributed by atoms with Gasteiger partial charge in [-0.15, -0.1) is 0 Å². The summed E-state index contributed by atoms with van der Waals surface area (Å²) < 4.78 is 5.07. The number of barbiturate groups is 1. The lowest BCUT2D eigenvalue weighted by Gasteiger charge is -2.32. The van der Waals surface area contributed by atoms with Crippen molar-refractivity contribution in [2.45, 2.75) is 13.8 Å². The van der Waals surface area contributed by atoms with Crippen LogP contribution in [-0.2, 0) is 9.59 Å². The quantitative estimate of drug-likeness (QED) is 0.868. The zero-order valence-corrected chi connectivity index (χ0v) is 12.6. The molecule has 1 N–H and O–H groups in total. The van der Waals surface area contributed by atoms with E-state index in [2.05, 4.69) is 5.32 Å². The minimum atomic E-state index is -0.899. The van der Waals surface area contributed by atoms with E-state index < -0.39 is 23.8 Å². The van der Waals surface area contributed by atoms with Crippen LogP contribution in [0.2, 0.25) is 5.02 Å². The first-order chi connectivity index (χ1) is 9.86. The van der Waals surface area contributed by atoms with Gasteiger partial charge in [-0.05, 0) is 18.1 Å². The van der Waals surface area contributed by atoms with Crippen molar-refractivity contribution in [2.24, 2.45) is 11.8 Å². The molecule has 0 aliphatic carbocycles. The molecule has 0 saturated carbocycles. The molecular weight excluding hydrogens is 296 g/mol. The summed E-state index contributed by atoms with van der Waals surface area (Å²) in [6.07, 6.45) is 0. The Morgan fingerprint density at radius 3 is 2.52 bits per heavy atom. The van der Waals surface area contributed by atoms with Crippen LogP contribution in [0.1, 0.15) is 13.8 Å². The Morgan fingerprint density at radius 2 is 1.95 bits per heavy atom. The average Bonchev–Trinajstić information content (AvgIpc) is 2.39. The van der Waals surface area contributed by atoms with Crippen molar-refractivity contribution in [3.05, 3.63) is 23.2 Å². The Morgan fingerprint density at radius 1 is 1.29 bits per heavy atom. The Kier molecular flexibility index (Phi) is 4.18. The molecule has 6 nitrogen and oxygen atoms in total. The lowest BCUT2D eigenvalue weighted by molar-refractivity contribution is -0.136. The number of benzene rings is 1. The fourth-order valence-corrected chi connectivity index (χ4v) is 2.41. The van der Waals surface area contributed by atoms with Crippen molar-refractivity contribution in [3.63, 3.8) is 0 Å². The number of amides is 4. The van der Waals surface area contributed by atoms with Gasteiger partial charge in [0.2, 0.25) is 11.8 Å². The number of methoxy groups -OCH3 is 1. The molecule has 1 saturated heterocycles. The SMILES string of the molecule is COc1cc(N2C(=O)NC(=O)C(C(C)C)C2=O)ccc1Cl. The molecule has 0 bridgehead atoms. The normalized spacial score (nSPS) is 19.0. The molecule has 1 fully saturated rings. The topological polar surface area (TPSA) is 75.7 Å². The highest BCUT2D eigenvalue weighted by Gasteiger charge is 2.42. The third-order valence-electron chi connectivity index (χ3n) is 3.26. The summed E-state index contributed by atoms with van der Waals surface area (Å²) >= 11 is 5.93. The van der Waals surface area contributed by atoms with Gasteiger partial charge in [0, 0.05) is 6.07 Å². The lowest BCUT2D eigenvalue weighted by atomic mass is 9.92. The Balaban J connectivity index is 2.44. The Labute approximate surface area is 127 Å². The van der Waals surface area contributed by atoms with Gasteiger partial charge in [-0.1, -0.05) is 25.4 Å². The van der Waals surface area contributed by atoms with Crippen LogP contribution in [0, 0.1) is 11.8 Å². The summed E-state index contributed by atoms with van der Waals surface area (Å²) in [5.74, 6) is -1.90. The highest BCUT2D eigenvalue weighted by molar-refractivity contribution is 6.32. The van der Waals surface area contributed by atoms with E-state index in [1.165, 1.54) is 25.3 Å². The fourth-order valence-electron chi connectivity index (χ4n) is 2.21. The molecule has 2 rings (SSSR count). The molecule has 7 heteroatoms. The zero-order valence-electron chi connectivity index (χ0n) is 11.8. The molecule has 1 heterocycles. The van der Waals surface area contributed by atoms with Gasteiger partial charge in [0.1, 0.15) is 11.7 Å². The summed E-state index contributed by atoms with van der Waals surface area (Å²) in [6.45, 7) is 3.50. The number of carbonyl (C=O) groups is 3. The van der Waals surface area contributed by atoms with Gasteiger partial charge in [0.05, 0.1) is 17.8 Å². The number of anilines is 1. The zero-order chi connectivity index (χ0) is 15.7. The smallest absolute Gasteiger partial charge is 0.335 e. The standard InChI is InChI=1S/C14H15ClN2O4/c1-7(2)11-12(18)16-14(20)17(13(11)19)8-4-5-9(15)10(6-8)21-3/h4-7,11H,1-3H3,(H,16,18,20). The van der Waals surface area contributed by atoms with Gasteiger partial charge in [-0.3, -0.25) is 14.9 Å². The fraction of sp³-hybridized carbons (Fsp3) is 0.357. The first-order valence-electron chi connectivity index (χ1n) is 6.39. The minimum Gasteiger partial charge on any atom is -0.495 e. The number of carbonyl (C=O) groups excluding carboxylic acids is 3. The number of hydrogen-bond donors (Lipinski definition) is 1. The maximum atomic E-state index is 12.4. The van der Waals surface area contributed by atoms with Gasteiger partial charge < -0.3 is 4.74 Å². The van der Waals surface area contributed by atoms with Crippen LogP contribution in [0.5, 0.6) is 5.75 Å². The molecule has 0 aromatic heterocycles. The van der Waals surface area contributed by atoms with Crippen LogP contribution in [-0.4, -0.2) is 25.0 Å². The molecule has 1 aromatic carbocycles. The van der Waals surface area contributed by atoms with E-state index in [1.54, 1.807) is 13.8 Å². The van der Waals surface area contributed by atoms with Crippen molar-refractivity contribution in [1.29, 1.82) is 0 Å². The highest BCUT2D eigenvalue weighted by atomic mass is 35.5. The average molecular weight is 311 g/mol. The second kappa shape index (κ2) is 5.73. The predicted molar refractivity (Wildman–Crippen MR) is 77.4 cm³/mol. The number of hydrogen-bond acceptors (Lipinski definition) is 4. The molecule has 4 amide bonds. The summed E-state index contributed by atoms with van der Waals surface area (Å²) in [5, 5.41) is 2.56. The highest BCUT2D eigenvalue weighted by Crippen LogP contribution is 2.31. The number of urea groups is 1. The molecule has 1 aliphatic heterocycles. The summed E-state index contributed by atoms with van der Waals surface area (Å²) in [6, 6.07) is 3.76. The Hall–Kier alpha value is -2.08. The van der Waals surface area contributed by atoms with Crippen molar-refractivity contribution >= 4 is 35.1 Å². The summed E-state index contributed by atoms with van der Waals surface area (Å²) in [4.78, 5) is 37.1. The molecular formula is C14H15ClN2O4. The van der Waals surface area contributed by atoms with Crippen LogP contribution in [0.25, 0.3) is 0 Å². The van der Waals surface area contributed by atoms with Gasteiger partial charge in [-0.2, -0.15) is 0 Å². The number of nitrogens with zero attached hydrogens (tertiary/aromatic N) is 1. The first-order valence-corrected chi connectivity index (χ1v) is 6.77. The maximum Gasteiger partial charge on any atom is 0.335 e. The Bertz CT molecular complexity index is 615. The second-order valence-corrected chi connectivity index (χ2v) is 5.42. The molecule has 112 valence electrons. The number of rotatable bonds is 3. The lowest BCUT2D eigenvalue weighted by Crippen LogP contribution is -2.59. The maximum absolute atomic E-state index is 12.4. The largest absolute Gasteiger partial charge is 0.495 e. The molecule has 0 spiro atoms. The van der Waals surface area contributed by atoms with Crippen molar-refractivity contribution in [2.75, 3.05) is 12.0 Å². The van der Waals surface area contributed by atoms with Crippen LogP contribution in [0.15, 0.2) is 18.2 Å². The van der Waals surface area contributed by atoms with Crippen LogP contribution in [0.4, 0.5) is 10.5 Å². The van der Waals surface area contributed by atoms with E-state index in [9.17, 15) is 14.4 Å². The van der Waals surface area contributed by atoms with Crippen molar-refractivity contribution < 1.29 is 19.1 Å². The molecule has 21 heavy (non-hydrogen) atoms. The predicted octanol–water partition coefficient (Wildman–Crippen LogP) is 2.20. The van der Waals surface area contributed by atoms with Crippen LogP contribution in [0.3, 0.4) is 0 Å². The summed E-state index contributed by atoms with van der Waals surface area (Å²) in [5.41, 5.74) is 0.303. The first kappa shape index (κ1) is 15.3. The van der Waals surface area contributed by atoms with Crippen molar-refractivity contribution in [3.8, 4) is 5.75 Å².